The van der Waals surface area contributed by atoms with Gasteiger partial charge in [0.25, 0.3) is 0 Å². The second-order valence-corrected chi connectivity index (χ2v) is 4.64. The van der Waals surface area contributed by atoms with Crippen molar-refractivity contribution in [1.82, 2.24) is 0 Å². The van der Waals surface area contributed by atoms with Crippen LogP contribution in [0.2, 0.25) is 15.1 Å². The maximum absolute atomic E-state index is 9.23. The number of phenols is 1. The van der Waals surface area contributed by atoms with Crippen molar-refractivity contribution in [3.05, 3.63) is 51.5 Å². The van der Waals surface area contributed by atoms with Gasteiger partial charge in [-0.25, -0.2) is 0 Å². The summed E-state index contributed by atoms with van der Waals surface area (Å²) in [7, 11) is 0. The van der Waals surface area contributed by atoms with E-state index < -0.39 is 0 Å². The molecule has 0 atom stereocenters. The van der Waals surface area contributed by atoms with Crippen LogP contribution in [0.25, 0.3) is 0 Å². The average molecular weight is 289 g/mol. The Morgan fingerprint density at radius 1 is 0.824 bits per heavy atom. The van der Waals surface area contributed by atoms with E-state index in [0.29, 0.717) is 20.8 Å². The number of nitrogens with one attached hydrogen (secondary N) is 1. The Bertz CT molecular complexity index is 557. The smallest absolute Gasteiger partial charge is 0.117 e. The van der Waals surface area contributed by atoms with E-state index in [0.717, 1.165) is 5.69 Å². The lowest BCUT2D eigenvalue weighted by Crippen LogP contribution is -1.90. The van der Waals surface area contributed by atoms with Crippen LogP contribution in [-0.2, 0) is 0 Å². The first kappa shape index (κ1) is 12.4. The molecule has 17 heavy (non-hydrogen) atoms. The molecule has 0 aromatic heterocycles. The lowest BCUT2D eigenvalue weighted by atomic mass is 10.2. The lowest BCUT2D eigenvalue weighted by Gasteiger charge is -2.09. The third-order valence-electron chi connectivity index (χ3n) is 2.15. The molecule has 0 spiro atoms. The molecule has 2 rings (SSSR count). The molecule has 0 saturated carbocycles. The second kappa shape index (κ2) is 5.05. The number of hydrogen-bond acceptors (Lipinski definition) is 2. The van der Waals surface area contributed by atoms with E-state index in [4.69, 9.17) is 34.8 Å². The fourth-order valence-electron chi connectivity index (χ4n) is 1.33. The Hall–Kier alpha value is -1.09. The number of halogens is 3. The van der Waals surface area contributed by atoms with Crippen molar-refractivity contribution in [2.45, 2.75) is 0 Å². The molecule has 88 valence electrons. The van der Waals surface area contributed by atoms with Gasteiger partial charge in [0.2, 0.25) is 0 Å². The Morgan fingerprint density at radius 2 is 1.59 bits per heavy atom. The normalized spacial score (nSPS) is 10.3. The van der Waals surface area contributed by atoms with Gasteiger partial charge in [-0.15, -0.1) is 0 Å². The van der Waals surface area contributed by atoms with Crippen LogP contribution >= 0.6 is 34.8 Å². The van der Waals surface area contributed by atoms with Gasteiger partial charge in [0, 0.05) is 11.8 Å². The van der Waals surface area contributed by atoms with Crippen LogP contribution in [0, 0.1) is 0 Å². The molecule has 0 amide bonds. The third kappa shape index (κ3) is 2.97. The van der Waals surface area contributed by atoms with E-state index >= 15 is 0 Å². The summed E-state index contributed by atoms with van der Waals surface area (Å²) in [6.45, 7) is 0. The zero-order chi connectivity index (χ0) is 12.4. The van der Waals surface area contributed by atoms with Crippen molar-refractivity contribution in [3.63, 3.8) is 0 Å². The van der Waals surface area contributed by atoms with E-state index in [1.165, 1.54) is 6.07 Å². The van der Waals surface area contributed by atoms with Crippen molar-refractivity contribution >= 4 is 46.2 Å². The molecule has 2 aromatic carbocycles. The summed E-state index contributed by atoms with van der Waals surface area (Å²) in [5, 5.41) is 13.7. The van der Waals surface area contributed by atoms with Gasteiger partial charge in [0.05, 0.1) is 20.8 Å². The SMILES string of the molecule is Oc1ccc(Nc2ccc(Cl)c(Cl)c2)c(Cl)c1. The van der Waals surface area contributed by atoms with Crippen molar-refractivity contribution < 1.29 is 5.11 Å². The number of phenolic OH excluding ortho intramolecular Hbond substituents is 1. The summed E-state index contributed by atoms with van der Waals surface area (Å²) in [6.07, 6.45) is 0. The van der Waals surface area contributed by atoms with Gasteiger partial charge < -0.3 is 10.4 Å². The number of hydrogen-bond donors (Lipinski definition) is 2. The maximum Gasteiger partial charge on any atom is 0.117 e. The van der Waals surface area contributed by atoms with Crippen molar-refractivity contribution in [3.8, 4) is 5.75 Å². The molecule has 5 heteroatoms. The van der Waals surface area contributed by atoms with Crippen LogP contribution in [0.4, 0.5) is 11.4 Å². The largest absolute Gasteiger partial charge is 0.508 e. The van der Waals surface area contributed by atoms with Gasteiger partial charge in [0.1, 0.15) is 5.75 Å². The lowest BCUT2D eigenvalue weighted by molar-refractivity contribution is 0.475. The quantitative estimate of drug-likeness (QED) is 0.754. The summed E-state index contributed by atoms with van der Waals surface area (Å²) in [6, 6.07) is 9.87. The van der Waals surface area contributed by atoms with Gasteiger partial charge in [-0.3, -0.25) is 0 Å². The van der Waals surface area contributed by atoms with Crippen molar-refractivity contribution in [2.24, 2.45) is 0 Å². The van der Waals surface area contributed by atoms with Crippen LogP contribution in [0.3, 0.4) is 0 Å². The average Bonchev–Trinajstić information content (AvgIpc) is 2.27. The van der Waals surface area contributed by atoms with Gasteiger partial charge in [-0.05, 0) is 30.3 Å². The van der Waals surface area contributed by atoms with E-state index in [9.17, 15) is 5.11 Å². The summed E-state index contributed by atoms with van der Waals surface area (Å²) in [5.74, 6) is 0.120. The molecule has 0 aliphatic carbocycles. The molecule has 2 N–H and O–H groups in total. The Balaban J connectivity index is 2.28. The zero-order valence-electron chi connectivity index (χ0n) is 8.55. The minimum absolute atomic E-state index is 0.120. The Kier molecular flexibility index (Phi) is 3.67. The standard InChI is InChI=1S/C12H8Cl3NO/c13-9-3-1-7(5-10(9)14)16-12-4-2-8(17)6-11(12)15/h1-6,16-17H. The summed E-state index contributed by atoms with van der Waals surface area (Å²) in [4.78, 5) is 0. The number of aromatic hydroxyl groups is 1. The molecular formula is C12H8Cl3NO. The summed E-state index contributed by atoms with van der Waals surface area (Å²) in [5.41, 5.74) is 1.45. The minimum atomic E-state index is 0.120. The fraction of sp³-hybridized carbons (Fsp3) is 0. The van der Waals surface area contributed by atoms with Crippen LogP contribution in [0.5, 0.6) is 5.75 Å². The molecule has 0 heterocycles. The van der Waals surface area contributed by atoms with E-state index in [1.54, 1.807) is 30.3 Å². The van der Waals surface area contributed by atoms with Gasteiger partial charge in [-0.1, -0.05) is 34.8 Å². The fourth-order valence-corrected chi connectivity index (χ4v) is 1.85. The predicted octanol–water partition coefficient (Wildman–Crippen LogP) is 5.10. The zero-order valence-corrected chi connectivity index (χ0v) is 10.8. The molecule has 0 aliphatic heterocycles. The van der Waals surface area contributed by atoms with Crippen molar-refractivity contribution in [1.29, 1.82) is 0 Å². The van der Waals surface area contributed by atoms with E-state index in [1.807, 2.05) is 0 Å². The van der Waals surface area contributed by atoms with E-state index in [-0.39, 0.29) is 5.75 Å². The first-order valence-corrected chi connectivity index (χ1v) is 5.90. The number of anilines is 2. The predicted molar refractivity (Wildman–Crippen MR) is 72.9 cm³/mol. The van der Waals surface area contributed by atoms with Crippen LogP contribution in [0.15, 0.2) is 36.4 Å². The first-order chi connectivity index (χ1) is 8.06. The van der Waals surface area contributed by atoms with Crippen molar-refractivity contribution in [2.75, 3.05) is 5.32 Å². The van der Waals surface area contributed by atoms with Crippen LogP contribution < -0.4 is 5.32 Å². The molecular weight excluding hydrogens is 280 g/mol. The Morgan fingerprint density at radius 3 is 2.24 bits per heavy atom. The summed E-state index contributed by atoms with van der Waals surface area (Å²) >= 11 is 17.7. The molecule has 0 bridgehead atoms. The topological polar surface area (TPSA) is 32.3 Å². The van der Waals surface area contributed by atoms with Crippen LogP contribution in [0.1, 0.15) is 0 Å². The molecule has 0 aliphatic rings. The monoisotopic (exact) mass is 287 g/mol. The molecule has 0 fully saturated rings. The third-order valence-corrected chi connectivity index (χ3v) is 3.20. The van der Waals surface area contributed by atoms with Crippen LogP contribution in [-0.4, -0.2) is 5.11 Å². The van der Waals surface area contributed by atoms with E-state index in [2.05, 4.69) is 5.32 Å². The molecule has 2 aromatic rings. The Labute approximate surface area is 114 Å². The summed E-state index contributed by atoms with van der Waals surface area (Å²) < 4.78 is 0. The molecule has 0 unspecified atom stereocenters. The molecule has 0 radical (unpaired) electrons. The first-order valence-electron chi connectivity index (χ1n) is 4.77. The highest BCUT2D eigenvalue weighted by molar-refractivity contribution is 6.42. The number of benzene rings is 2. The van der Waals surface area contributed by atoms with Gasteiger partial charge in [-0.2, -0.15) is 0 Å². The van der Waals surface area contributed by atoms with Gasteiger partial charge in [0.15, 0.2) is 0 Å². The number of rotatable bonds is 2. The van der Waals surface area contributed by atoms with Gasteiger partial charge >= 0.3 is 0 Å². The minimum Gasteiger partial charge on any atom is -0.508 e. The highest BCUT2D eigenvalue weighted by Crippen LogP contribution is 2.31. The molecule has 0 saturated heterocycles. The highest BCUT2D eigenvalue weighted by atomic mass is 35.5. The molecule has 2 nitrogen and oxygen atoms in total. The highest BCUT2D eigenvalue weighted by Gasteiger charge is 2.03. The maximum atomic E-state index is 9.23. The second-order valence-electron chi connectivity index (χ2n) is 3.42.